The van der Waals surface area contributed by atoms with Crippen molar-refractivity contribution in [3.05, 3.63) is 60.6 Å². The average molecular weight is 381 g/mol. The number of pyridine rings is 2. The number of hydrogen-bond acceptors (Lipinski definition) is 6. The summed E-state index contributed by atoms with van der Waals surface area (Å²) in [6.45, 7) is 1.52. The van der Waals surface area contributed by atoms with Crippen molar-refractivity contribution in [2.24, 2.45) is 0 Å². The fourth-order valence-electron chi connectivity index (χ4n) is 2.70. The van der Waals surface area contributed by atoms with Crippen LogP contribution < -0.4 is 5.73 Å². The van der Waals surface area contributed by atoms with Gasteiger partial charge in [0.15, 0.2) is 9.84 Å². The van der Waals surface area contributed by atoms with Crippen molar-refractivity contribution >= 4 is 21.4 Å². The first-order valence-corrected chi connectivity index (χ1v) is 10.1. The second kappa shape index (κ2) is 7.28. The summed E-state index contributed by atoms with van der Waals surface area (Å²) in [6.07, 6.45) is 4.78. The predicted molar refractivity (Wildman–Crippen MR) is 105 cm³/mol. The van der Waals surface area contributed by atoms with Crippen molar-refractivity contribution < 1.29 is 13.2 Å². The van der Waals surface area contributed by atoms with Crippen molar-refractivity contribution in [1.29, 1.82) is 0 Å². The van der Waals surface area contributed by atoms with Gasteiger partial charge in [-0.2, -0.15) is 0 Å². The molecule has 6 nitrogen and oxygen atoms in total. The first-order valence-electron chi connectivity index (χ1n) is 8.25. The van der Waals surface area contributed by atoms with E-state index in [1.54, 1.807) is 42.7 Å². The molecule has 3 rings (SSSR count). The topological polar surface area (TPSA) is 103 Å². The summed E-state index contributed by atoms with van der Waals surface area (Å²) in [5.74, 6) is 0.420. The lowest BCUT2D eigenvalue weighted by Crippen LogP contribution is -2.00. The number of anilines is 1. The summed E-state index contributed by atoms with van der Waals surface area (Å²) in [5, 5.41) is 0. The molecule has 2 aromatic heterocycles. The smallest absolute Gasteiger partial charge is 0.175 e. The molecule has 0 bridgehead atoms. The molecular weight excluding hydrogens is 362 g/mol. The van der Waals surface area contributed by atoms with Crippen LogP contribution in [0.1, 0.15) is 12.6 Å². The fourth-order valence-corrected chi connectivity index (χ4v) is 3.33. The average Bonchev–Trinajstić information content (AvgIpc) is 2.62. The minimum Gasteiger partial charge on any atom is -0.383 e. The zero-order chi connectivity index (χ0) is 19.6. The lowest BCUT2D eigenvalue weighted by Gasteiger charge is -2.09. The second-order valence-electron chi connectivity index (χ2n) is 6.37. The SMILES string of the molecule is CC(=O)Cc1ccc(-c2cc(-c3ccc(S(C)(=O)=O)cc3)cnc2N)cn1. The van der Waals surface area contributed by atoms with E-state index < -0.39 is 9.84 Å². The van der Waals surface area contributed by atoms with E-state index in [-0.39, 0.29) is 10.7 Å². The highest BCUT2D eigenvalue weighted by atomic mass is 32.2. The van der Waals surface area contributed by atoms with Gasteiger partial charge in [-0.25, -0.2) is 13.4 Å². The van der Waals surface area contributed by atoms with E-state index in [2.05, 4.69) is 9.97 Å². The minimum atomic E-state index is -3.24. The third kappa shape index (κ3) is 4.38. The molecule has 2 N–H and O–H groups in total. The molecule has 1 aromatic carbocycles. The molecule has 0 saturated carbocycles. The summed E-state index contributed by atoms with van der Waals surface area (Å²) in [5.41, 5.74) is 9.89. The van der Waals surface area contributed by atoms with Crippen LogP contribution in [0.5, 0.6) is 0 Å². The molecule has 0 atom stereocenters. The van der Waals surface area contributed by atoms with E-state index in [1.807, 2.05) is 12.1 Å². The normalized spacial score (nSPS) is 11.3. The molecule has 27 heavy (non-hydrogen) atoms. The number of Topliss-reactive ketones (excluding diaryl/α,β-unsaturated/α-hetero) is 1. The minimum absolute atomic E-state index is 0.0518. The van der Waals surface area contributed by atoms with Crippen LogP contribution in [0.3, 0.4) is 0 Å². The Labute approximate surface area is 158 Å². The number of carbonyl (C=O) groups excluding carboxylic acids is 1. The fraction of sp³-hybridized carbons (Fsp3) is 0.150. The maximum absolute atomic E-state index is 11.6. The van der Waals surface area contributed by atoms with E-state index in [9.17, 15) is 13.2 Å². The molecule has 0 amide bonds. The molecule has 138 valence electrons. The highest BCUT2D eigenvalue weighted by molar-refractivity contribution is 7.90. The number of sulfone groups is 1. The maximum Gasteiger partial charge on any atom is 0.175 e. The molecule has 2 heterocycles. The van der Waals surface area contributed by atoms with Crippen molar-refractivity contribution in [3.8, 4) is 22.3 Å². The number of hydrogen-bond donors (Lipinski definition) is 1. The number of ketones is 1. The molecule has 0 saturated heterocycles. The Kier molecular flexibility index (Phi) is 5.05. The number of nitrogen functional groups attached to an aromatic ring is 1. The van der Waals surface area contributed by atoms with Gasteiger partial charge in [0.2, 0.25) is 0 Å². The Morgan fingerprint density at radius 3 is 2.15 bits per heavy atom. The van der Waals surface area contributed by atoms with Gasteiger partial charge in [0.25, 0.3) is 0 Å². The summed E-state index contributed by atoms with van der Waals surface area (Å²) in [7, 11) is -3.24. The molecule has 0 radical (unpaired) electrons. The number of rotatable bonds is 5. The highest BCUT2D eigenvalue weighted by Gasteiger charge is 2.10. The van der Waals surface area contributed by atoms with Gasteiger partial charge in [-0.1, -0.05) is 18.2 Å². The van der Waals surface area contributed by atoms with Crippen LogP contribution in [-0.2, 0) is 21.1 Å². The third-order valence-electron chi connectivity index (χ3n) is 4.10. The van der Waals surface area contributed by atoms with Crippen molar-refractivity contribution in [1.82, 2.24) is 9.97 Å². The molecule has 0 aliphatic rings. The van der Waals surface area contributed by atoms with E-state index in [4.69, 9.17) is 5.73 Å². The van der Waals surface area contributed by atoms with Crippen LogP contribution in [0, 0.1) is 0 Å². The molecule has 0 aliphatic carbocycles. The van der Waals surface area contributed by atoms with Crippen molar-refractivity contribution in [3.63, 3.8) is 0 Å². The third-order valence-corrected chi connectivity index (χ3v) is 5.23. The zero-order valence-corrected chi connectivity index (χ0v) is 15.8. The number of benzene rings is 1. The Bertz CT molecular complexity index is 1090. The summed E-state index contributed by atoms with van der Waals surface area (Å²) in [4.78, 5) is 20.0. The van der Waals surface area contributed by atoms with Crippen LogP contribution in [-0.4, -0.2) is 30.4 Å². The number of nitrogens with zero attached hydrogens (tertiary/aromatic N) is 2. The number of carbonyl (C=O) groups is 1. The summed E-state index contributed by atoms with van der Waals surface area (Å²) >= 11 is 0. The molecular formula is C20H19N3O3S. The largest absolute Gasteiger partial charge is 0.383 e. The molecule has 0 unspecified atom stereocenters. The highest BCUT2D eigenvalue weighted by Crippen LogP contribution is 2.29. The Morgan fingerprint density at radius 1 is 0.963 bits per heavy atom. The van der Waals surface area contributed by atoms with Gasteiger partial charge in [-0.3, -0.25) is 9.78 Å². The van der Waals surface area contributed by atoms with Crippen LogP contribution in [0.2, 0.25) is 0 Å². The van der Waals surface area contributed by atoms with Crippen LogP contribution in [0.25, 0.3) is 22.3 Å². The second-order valence-corrected chi connectivity index (χ2v) is 8.39. The van der Waals surface area contributed by atoms with Crippen LogP contribution in [0.15, 0.2) is 59.8 Å². The Hall–Kier alpha value is -3.06. The van der Waals surface area contributed by atoms with Gasteiger partial charge < -0.3 is 5.73 Å². The van der Waals surface area contributed by atoms with Gasteiger partial charge in [-0.15, -0.1) is 0 Å². The molecule has 7 heteroatoms. The van der Waals surface area contributed by atoms with Crippen molar-refractivity contribution in [2.45, 2.75) is 18.2 Å². The predicted octanol–water partition coefficient (Wildman–Crippen LogP) is 2.93. The lowest BCUT2D eigenvalue weighted by atomic mass is 10.0. The van der Waals surface area contributed by atoms with E-state index >= 15 is 0 Å². The summed E-state index contributed by atoms with van der Waals surface area (Å²) in [6, 6.07) is 12.2. The molecule has 3 aromatic rings. The van der Waals surface area contributed by atoms with Crippen LogP contribution >= 0.6 is 0 Å². The van der Waals surface area contributed by atoms with E-state index in [1.165, 1.54) is 13.2 Å². The lowest BCUT2D eigenvalue weighted by molar-refractivity contribution is -0.116. The van der Waals surface area contributed by atoms with Gasteiger partial charge in [0, 0.05) is 47.5 Å². The first-order chi connectivity index (χ1) is 12.7. The van der Waals surface area contributed by atoms with Crippen molar-refractivity contribution in [2.75, 3.05) is 12.0 Å². The standard InChI is InChI=1S/C20H19N3O3S/c1-13(24)9-17-6-3-15(11-22-17)19-10-16(12-23-20(19)21)14-4-7-18(8-5-14)27(2,25)26/h3-8,10-12H,9H2,1-2H3,(H2,21,23). The molecule has 0 spiro atoms. The van der Waals surface area contributed by atoms with Gasteiger partial charge >= 0.3 is 0 Å². The first kappa shape index (κ1) is 18.7. The van der Waals surface area contributed by atoms with Crippen LogP contribution in [0.4, 0.5) is 5.82 Å². The molecule has 0 aliphatic heterocycles. The van der Waals surface area contributed by atoms with Gasteiger partial charge in [0.1, 0.15) is 11.6 Å². The molecule has 0 fully saturated rings. The van der Waals surface area contributed by atoms with E-state index in [0.29, 0.717) is 17.9 Å². The van der Waals surface area contributed by atoms with Gasteiger partial charge in [-0.05, 0) is 36.8 Å². The monoisotopic (exact) mass is 381 g/mol. The number of nitrogens with two attached hydrogens (primary N) is 1. The summed E-state index contributed by atoms with van der Waals surface area (Å²) < 4.78 is 23.2. The zero-order valence-electron chi connectivity index (χ0n) is 15.0. The Morgan fingerprint density at radius 2 is 1.59 bits per heavy atom. The Balaban J connectivity index is 1.96. The van der Waals surface area contributed by atoms with E-state index in [0.717, 1.165) is 22.3 Å². The van der Waals surface area contributed by atoms with Gasteiger partial charge in [0.05, 0.1) is 4.90 Å². The maximum atomic E-state index is 11.6. The quantitative estimate of drug-likeness (QED) is 0.729. The number of aromatic nitrogens is 2.